The number of phosphoric acid groups is 2. The minimum Gasteiger partial charge on any atom is -0.756 e. The van der Waals surface area contributed by atoms with E-state index in [0.717, 1.165) is 12.3 Å². The van der Waals surface area contributed by atoms with E-state index in [2.05, 4.69) is 13.4 Å². The van der Waals surface area contributed by atoms with E-state index in [1.54, 1.807) is 0 Å². The lowest BCUT2D eigenvalue weighted by Crippen LogP contribution is -2.59. The summed E-state index contributed by atoms with van der Waals surface area (Å²) in [5, 5.41) is 58.4. The Kier molecular flexibility index (Phi) is 9.05. The molecule has 21 heteroatoms. The van der Waals surface area contributed by atoms with Crippen molar-refractivity contribution in [1.82, 2.24) is 9.55 Å². The second-order valence-electron chi connectivity index (χ2n) is 7.64. The van der Waals surface area contributed by atoms with Crippen LogP contribution in [0.3, 0.4) is 0 Å². The second kappa shape index (κ2) is 11.2. The predicted molar refractivity (Wildman–Crippen MR) is 104 cm³/mol. The zero-order chi connectivity index (χ0) is 27.0. The highest BCUT2D eigenvalue weighted by Crippen LogP contribution is 2.57. The summed E-state index contributed by atoms with van der Waals surface area (Å²) in [5.74, 6) is 0. The SMILES string of the molecule is O=c1ccn(C2OC(COP(=O)([O-])OP(=O)([O-])OC3OC(CO)C(O)C(O)C3O)C(O)C2O)c(=O)[nH]1. The topological polar surface area (TPSA) is 303 Å². The molecule has 1 aromatic rings. The quantitative estimate of drug-likeness (QED) is 0.137. The van der Waals surface area contributed by atoms with Crippen LogP contribution in [-0.4, -0.2) is 102 Å². The van der Waals surface area contributed by atoms with E-state index < -0.39 is 95.4 Å². The van der Waals surface area contributed by atoms with Crippen molar-refractivity contribution < 1.29 is 72.4 Å². The molecule has 36 heavy (non-hydrogen) atoms. The number of hydrogen-bond donors (Lipinski definition) is 7. The van der Waals surface area contributed by atoms with Gasteiger partial charge in [-0.05, 0) is 0 Å². The van der Waals surface area contributed by atoms with Crippen LogP contribution in [0.15, 0.2) is 21.9 Å². The fourth-order valence-electron chi connectivity index (χ4n) is 3.34. The van der Waals surface area contributed by atoms with Crippen LogP contribution in [0.4, 0.5) is 0 Å². The Hall–Kier alpha value is -1.38. The van der Waals surface area contributed by atoms with Gasteiger partial charge in [-0.2, -0.15) is 0 Å². The number of ether oxygens (including phenoxy) is 2. The summed E-state index contributed by atoms with van der Waals surface area (Å²) in [5.41, 5.74) is -1.78. The molecule has 2 saturated heterocycles. The molecule has 19 nitrogen and oxygen atoms in total. The zero-order valence-electron chi connectivity index (χ0n) is 17.8. The molecule has 0 aliphatic carbocycles. The molecule has 0 radical (unpaired) electrons. The molecular weight excluding hydrogens is 542 g/mol. The number of nitrogens with one attached hydrogen (secondary N) is 1. The summed E-state index contributed by atoms with van der Waals surface area (Å²) >= 11 is 0. The first-order chi connectivity index (χ1) is 16.7. The third-order valence-corrected chi connectivity index (χ3v) is 7.67. The van der Waals surface area contributed by atoms with Crippen molar-refractivity contribution in [3.05, 3.63) is 33.1 Å². The van der Waals surface area contributed by atoms with Gasteiger partial charge in [-0.15, -0.1) is 0 Å². The summed E-state index contributed by atoms with van der Waals surface area (Å²) in [4.78, 5) is 48.9. The van der Waals surface area contributed by atoms with Gasteiger partial charge in [0.05, 0.1) is 13.2 Å². The largest absolute Gasteiger partial charge is 0.756 e. The summed E-state index contributed by atoms with van der Waals surface area (Å²) in [6, 6.07) is 0.911. The number of H-pyrrole nitrogens is 1. The average molecular weight is 564 g/mol. The van der Waals surface area contributed by atoms with E-state index in [4.69, 9.17) is 14.6 Å². The molecular formula is C15H22N2O17P2-2. The molecule has 7 N–H and O–H groups in total. The van der Waals surface area contributed by atoms with Crippen LogP contribution in [-0.2, 0) is 32.0 Å². The molecule has 2 aliphatic rings. The molecule has 0 spiro atoms. The predicted octanol–water partition coefficient (Wildman–Crippen LogP) is -6.06. The second-order valence-corrected chi connectivity index (χ2v) is 10.5. The Morgan fingerprint density at radius 1 is 0.944 bits per heavy atom. The summed E-state index contributed by atoms with van der Waals surface area (Å²) in [7, 11) is -11.7. The van der Waals surface area contributed by atoms with Gasteiger partial charge in [0.15, 0.2) is 12.5 Å². The highest BCUT2D eigenvalue weighted by molar-refractivity contribution is 7.59. The molecule has 0 saturated carbocycles. The van der Waals surface area contributed by atoms with Crippen LogP contribution in [0.5, 0.6) is 0 Å². The fourth-order valence-corrected chi connectivity index (χ4v) is 5.42. The Bertz CT molecular complexity index is 1120. The minimum atomic E-state index is -5.90. The van der Waals surface area contributed by atoms with E-state index in [-0.39, 0.29) is 0 Å². The van der Waals surface area contributed by atoms with Crippen LogP contribution in [0.2, 0.25) is 0 Å². The highest BCUT2D eigenvalue weighted by atomic mass is 31.3. The first-order valence-corrected chi connectivity index (χ1v) is 12.9. The van der Waals surface area contributed by atoms with Gasteiger partial charge in [-0.25, -0.2) is 9.11 Å². The minimum absolute atomic E-state index is 0.697. The summed E-state index contributed by atoms with van der Waals surface area (Å²) in [6.07, 6.45) is -15.8. The van der Waals surface area contributed by atoms with Crippen LogP contribution in [0.25, 0.3) is 0 Å². The maximum absolute atomic E-state index is 12.0. The van der Waals surface area contributed by atoms with Crippen molar-refractivity contribution in [3.8, 4) is 0 Å². The summed E-state index contributed by atoms with van der Waals surface area (Å²) < 4.78 is 47.1. The molecule has 0 aromatic carbocycles. The molecule has 3 rings (SSSR count). The van der Waals surface area contributed by atoms with Crippen LogP contribution in [0.1, 0.15) is 6.23 Å². The van der Waals surface area contributed by atoms with Gasteiger partial charge in [0.25, 0.3) is 21.2 Å². The number of rotatable bonds is 9. The van der Waals surface area contributed by atoms with Crippen molar-refractivity contribution in [3.63, 3.8) is 0 Å². The molecule has 11 atom stereocenters. The lowest BCUT2D eigenvalue weighted by molar-refractivity contribution is -0.305. The molecule has 0 bridgehead atoms. The molecule has 0 amide bonds. The number of aromatic amines is 1. The third-order valence-electron chi connectivity index (χ3n) is 5.14. The molecule has 2 fully saturated rings. The van der Waals surface area contributed by atoms with Gasteiger partial charge in [0.1, 0.15) is 42.7 Å². The van der Waals surface area contributed by atoms with Gasteiger partial charge >= 0.3 is 5.69 Å². The summed E-state index contributed by atoms with van der Waals surface area (Å²) in [6.45, 7) is -2.05. The number of aliphatic hydroxyl groups is 6. The third kappa shape index (κ3) is 6.54. The molecule has 3 heterocycles. The van der Waals surface area contributed by atoms with Crippen LogP contribution in [0, 0.1) is 0 Å². The van der Waals surface area contributed by atoms with Crippen LogP contribution >= 0.6 is 15.6 Å². The number of aliphatic hydroxyl groups excluding tert-OH is 6. The molecule has 2 aliphatic heterocycles. The van der Waals surface area contributed by atoms with Crippen LogP contribution < -0.4 is 21.0 Å². The molecule has 1 aromatic heterocycles. The average Bonchev–Trinajstić information content (AvgIpc) is 3.06. The highest BCUT2D eigenvalue weighted by Gasteiger charge is 2.47. The van der Waals surface area contributed by atoms with Gasteiger partial charge in [-0.3, -0.25) is 28.0 Å². The molecule has 11 unspecified atom stereocenters. The molecule has 206 valence electrons. The van der Waals surface area contributed by atoms with E-state index in [1.165, 1.54) is 0 Å². The van der Waals surface area contributed by atoms with Crippen molar-refractivity contribution >= 4 is 15.6 Å². The number of phosphoric ester groups is 2. The monoisotopic (exact) mass is 564 g/mol. The first kappa shape index (κ1) is 29.2. The van der Waals surface area contributed by atoms with Crippen molar-refractivity contribution in [2.24, 2.45) is 0 Å². The van der Waals surface area contributed by atoms with Gasteiger partial charge in [0.2, 0.25) is 0 Å². The maximum Gasteiger partial charge on any atom is 0.330 e. The van der Waals surface area contributed by atoms with Gasteiger partial charge in [0, 0.05) is 12.3 Å². The number of aromatic nitrogens is 2. The lowest BCUT2D eigenvalue weighted by atomic mass is 10.00. The van der Waals surface area contributed by atoms with E-state index in [9.17, 15) is 54.0 Å². The van der Waals surface area contributed by atoms with E-state index in [1.807, 2.05) is 4.98 Å². The van der Waals surface area contributed by atoms with Gasteiger partial charge in [-0.1, -0.05) is 0 Å². The van der Waals surface area contributed by atoms with Gasteiger partial charge < -0.3 is 54.4 Å². The maximum atomic E-state index is 12.0. The Morgan fingerprint density at radius 2 is 1.58 bits per heavy atom. The number of nitrogens with zero attached hydrogens (tertiary/aromatic N) is 1. The Balaban J connectivity index is 1.61. The normalized spacial score (nSPS) is 38.4. The standard InChI is InChI=1S/C15H24N2O17P2/c18-3-5-8(20)10(22)12(24)14(32-5)33-36(28,29)34-35(26,27)30-4-6-9(21)11(23)13(31-6)17-2-1-7(19)16-15(17)25/h1-2,5-6,8-14,18,20-24H,3-4H2,(H,26,27)(H,28,29)(H,16,19,25)/p-2. The van der Waals surface area contributed by atoms with Crippen molar-refractivity contribution in [2.45, 2.75) is 55.2 Å². The Morgan fingerprint density at radius 3 is 2.19 bits per heavy atom. The smallest absolute Gasteiger partial charge is 0.330 e. The van der Waals surface area contributed by atoms with E-state index >= 15 is 0 Å². The van der Waals surface area contributed by atoms with Crippen molar-refractivity contribution in [1.29, 1.82) is 0 Å². The zero-order valence-corrected chi connectivity index (χ0v) is 19.6. The first-order valence-electron chi connectivity index (χ1n) is 9.96. The van der Waals surface area contributed by atoms with Crippen molar-refractivity contribution in [2.75, 3.05) is 13.2 Å². The Labute approximate surface area is 199 Å². The lowest BCUT2D eigenvalue weighted by Gasteiger charge is -2.41. The number of hydrogen-bond acceptors (Lipinski definition) is 17. The van der Waals surface area contributed by atoms with E-state index in [0.29, 0.717) is 4.57 Å². The fraction of sp³-hybridized carbons (Fsp3) is 0.733.